The Morgan fingerprint density at radius 2 is 1.68 bits per heavy atom. The average molecular weight is 367 g/mol. The highest BCUT2D eigenvalue weighted by atomic mass is 35.5. The Morgan fingerprint density at radius 1 is 0.920 bits per heavy atom. The van der Waals surface area contributed by atoms with Crippen LogP contribution < -0.4 is 5.84 Å². The molecule has 4 nitrogen and oxygen atoms in total. The Hall–Kier alpha value is -2.50. The van der Waals surface area contributed by atoms with Gasteiger partial charge in [-0.2, -0.15) is 0 Å². The van der Waals surface area contributed by atoms with Crippen LogP contribution >= 0.6 is 23.4 Å². The van der Waals surface area contributed by atoms with E-state index in [1.165, 1.54) is 21.0 Å². The van der Waals surface area contributed by atoms with Crippen molar-refractivity contribution >= 4 is 34.1 Å². The smallest absolute Gasteiger partial charge is 0.210 e. The van der Waals surface area contributed by atoms with E-state index in [9.17, 15) is 0 Å². The van der Waals surface area contributed by atoms with Gasteiger partial charge in [-0.15, -0.1) is 10.2 Å². The first-order valence-corrected chi connectivity index (χ1v) is 9.14. The van der Waals surface area contributed by atoms with Gasteiger partial charge in [0.1, 0.15) is 0 Å². The fourth-order valence-electron chi connectivity index (χ4n) is 2.73. The molecule has 0 spiro atoms. The van der Waals surface area contributed by atoms with Crippen molar-refractivity contribution in [3.05, 3.63) is 77.3 Å². The zero-order valence-corrected chi connectivity index (χ0v) is 14.8. The zero-order chi connectivity index (χ0) is 17.2. The fourth-order valence-corrected chi connectivity index (χ4v) is 3.72. The molecular weight excluding hydrogens is 352 g/mol. The molecule has 124 valence electrons. The number of benzene rings is 3. The lowest BCUT2D eigenvalue weighted by Gasteiger charge is -2.07. The molecule has 3 aromatic carbocycles. The number of nitrogens with zero attached hydrogens (tertiary/aromatic N) is 3. The lowest BCUT2D eigenvalue weighted by atomic mass is 10.1. The lowest BCUT2D eigenvalue weighted by molar-refractivity contribution is 0.849. The van der Waals surface area contributed by atoms with Crippen LogP contribution in [0.1, 0.15) is 5.56 Å². The molecule has 0 amide bonds. The molecule has 4 aromatic rings. The number of halogens is 1. The largest absolute Gasteiger partial charge is 0.335 e. The molecule has 0 aliphatic rings. The number of hydrogen-bond donors (Lipinski definition) is 1. The molecule has 25 heavy (non-hydrogen) atoms. The Balaban J connectivity index is 1.58. The fraction of sp³-hybridized carbons (Fsp3) is 0.0526. The maximum Gasteiger partial charge on any atom is 0.210 e. The standard InChI is InChI=1S/C19H15ClN4S/c20-16-10-8-14(9-11-16)18-22-23-19(24(18)21)25-12-15-6-3-5-13-4-1-2-7-17(13)15/h1-11H,12,21H2. The predicted molar refractivity (Wildman–Crippen MR) is 104 cm³/mol. The van der Waals surface area contributed by atoms with Crippen molar-refractivity contribution in [2.75, 3.05) is 5.84 Å². The van der Waals surface area contributed by atoms with E-state index >= 15 is 0 Å². The summed E-state index contributed by atoms with van der Waals surface area (Å²) >= 11 is 7.50. The third-order valence-corrected chi connectivity index (χ3v) is 5.25. The van der Waals surface area contributed by atoms with Crippen molar-refractivity contribution in [2.45, 2.75) is 10.9 Å². The molecule has 0 unspecified atom stereocenters. The molecule has 0 bridgehead atoms. The predicted octanol–water partition coefficient (Wildman–Crippen LogP) is 4.76. The van der Waals surface area contributed by atoms with E-state index in [1.54, 1.807) is 11.8 Å². The molecule has 0 saturated heterocycles. The average Bonchev–Trinajstić information content (AvgIpc) is 3.01. The molecule has 0 saturated carbocycles. The van der Waals surface area contributed by atoms with E-state index < -0.39 is 0 Å². The first-order chi connectivity index (χ1) is 12.2. The first kappa shape index (κ1) is 16.0. The molecule has 4 rings (SSSR count). The number of hydrogen-bond acceptors (Lipinski definition) is 4. The SMILES string of the molecule is Nn1c(SCc2cccc3ccccc23)nnc1-c1ccc(Cl)cc1. The minimum Gasteiger partial charge on any atom is -0.335 e. The van der Waals surface area contributed by atoms with Crippen molar-refractivity contribution in [1.29, 1.82) is 0 Å². The highest BCUT2D eigenvalue weighted by Gasteiger charge is 2.12. The van der Waals surface area contributed by atoms with Gasteiger partial charge >= 0.3 is 0 Å². The quantitative estimate of drug-likeness (QED) is 0.418. The summed E-state index contributed by atoms with van der Waals surface area (Å²) in [5.41, 5.74) is 2.13. The van der Waals surface area contributed by atoms with Gasteiger partial charge in [0, 0.05) is 16.3 Å². The molecule has 0 radical (unpaired) electrons. The molecule has 0 fully saturated rings. The summed E-state index contributed by atoms with van der Waals surface area (Å²) in [6, 6.07) is 22.1. The molecule has 6 heteroatoms. The van der Waals surface area contributed by atoms with Crippen LogP contribution in [0.15, 0.2) is 71.9 Å². The minimum atomic E-state index is 0.622. The number of nitrogen functional groups attached to an aromatic ring is 1. The van der Waals surface area contributed by atoms with Gasteiger partial charge in [0.2, 0.25) is 5.16 Å². The maximum absolute atomic E-state index is 6.19. The highest BCUT2D eigenvalue weighted by molar-refractivity contribution is 7.98. The van der Waals surface area contributed by atoms with Crippen molar-refractivity contribution in [3.8, 4) is 11.4 Å². The molecule has 0 atom stereocenters. The topological polar surface area (TPSA) is 56.7 Å². The third-order valence-electron chi connectivity index (χ3n) is 4.00. The summed E-state index contributed by atoms with van der Waals surface area (Å²) < 4.78 is 1.53. The molecule has 0 aliphatic heterocycles. The highest BCUT2D eigenvalue weighted by Crippen LogP contribution is 2.28. The second-order valence-corrected chi connectivity index (χ2v) is 6.99. The van der Waals surface area contributed by atoms with E-state index in [0.717, 1.165) is 11.3 Å². The summed E-state index contributed by atoms with van der Waals surface area (Å²) in [6.45, 7) is 0. The molecule has 1 heterocycles. The summed E-state index contributed by atoms with van der Waals surface area (Å²) in [5.74, 6) is 7.59. The number of fused-ring (bicyclic) bond motifs is 1. The second-order valence-electron chi connectivity index (χ2n) is 5.61. The van der Waals surface area contributed by atoms with Gasteiger partial charge in [-0.25, -0.2) is 4.68 Å². The zero-order valence-electron chi connectivity index (χ0n) is 13.3. The third kappa shape index (κ3) is 3.21. The van der Waals surface area contributed by atoms with E-state index in [4.69, 9.17) is 17.4 Å². The van der Waals surface area contributed by atoms with Crippen LogP contribution in [0, 0.1) is 0 Å². The van der Waals surface area contributed by atoms with Gasteiger partial charge in [0.25, 0.3) is 0 Å². The Labute approximate surface area is 154 Å². The number of thioether (sulfide) groups is 1. The van der Waals surface area contributed by atoms with Crippen LogP contribution in [0.5, 0.6) is 0 Å². The van der Waals surface area contributed by atoms with E-state index in [0.29, 0.717) is 16.0 Å². The second kappa shape index (κ2) is 6.78. The summed E-state index contributed by atoms with van der Waals surface area (Å²) in [4.78, 5) is 0. The minimum absolute atomic E-state index is 0.622. The van der Waals surface area contributed by atoms with Crippen LogP contribution in [0.2, 0.25) is 5.02 Å². The normalized spacial score (nSPS) is 11.1. The Morgan fingerprint density at radius 3 is 2.52 bits per heavy atom. The summed E-state index contributed by atoms with van der Waals surface area (Å²) in [7, 11) is 0. The van der Waals surface area contributed by atoms with Crippen molar-refractivity contribution in [1.82, 2.24) is 14.9 Å². The lowest BCUT2D eigenvalue weighted by Crippen LogP contribution is -2.11. The van der Waals surface area contributed by atoms with Crippen LogP contribution in [-0.2, 0) is 5.75 Å². The Kier molecular flexibility index (Phi) is 4.34. The monoisotopic (exact) mass is 366 g/mol. The number of aromatic nitrogens is 3. The number of rotatable bonds is 4. The Bertz CT molecular complexity index is 1020. The first-order valence-electron chi connectivity index (χ1n) is 7.78. The van der Waals surface area contributed by atoms with Gasteiger partial charge in [0.05, 0.1) is 0 Å². The molecule has 1 aromatic heterocycles. The van der Waals surface area contributed by atoms with Gasteiger partial charge < -0.3 is 5.84 Å². The molecule has 2 N–H and O–H groups in total. The number of nitrogens with two attached hydrogens (primary N) is 1. The van der Waals surface area contributed by atoms with Crippen molar-refractivity contribution in [2.24, 2.45) is 0 Å². The van der Waals surface area contributed by atoms with Gasteiger partial charge in [0.15, 0.2) is 5.82 Å². The van der Waals surface area contributed by atoms with Crippen LogP contribution in [0.3, 0.4) is 0 Å². The molecule has 0 aliphatic carbocycles. The van der Waals surface area contributed by atoms with Gasteiger partial charge in [-0.05, 0) is 40.6 Å². The van der Waals surface area contributed by atoms with Crippen LogP contribution in [0.25, 0.3) is 22.2 Å². The van der Waals surface area contributed by atoms with Crippen LogP contribution in [-0.4, -0.2) is 14.9 Å². The van der Waals surface area contributed by atoms with Gasteiger partial charge in [-0.1, -0.05) is 65.8 Å². The van der Waals surface area contributed by atoms with E-state index in [2.05, 4.69) is 46.6 Å². The van der Waals surface area contributed by atoms with E-state index in [1.807, 2.05) is 30.3 Å². The van der Waals surface area contributed by atoms with E-state index in [-0.39, 0.29) is 0 Å². The summed E-state index contributed by atoms with van der Waals surface area (Å²) in [5, 5.41) is 12.3. The van der Waals surface area contributed by atoms with Gasteiger partial charge in [-0.3, -0.25) is 0 Å². The van der Waals surface area contributed by atoms with Crippen LogP contribution in [0.4, 0.5) is 0 Å². The molecular formula is C19H15ClN4S. The van der Waals surface area contributed by atoms with Crippen molar-refractivity contribution in [3.63, 3.8) is 0 Å². The maximum atomic E-state index is 6.19. The summed E-state index contributed by atoms with van der Waals surface area (Å²) in [6.07, 6.45) is 0. The van der Waals surface area contributed by atoms with Crippen molar-refractivity contribution < 1.29 is 0 Å².